The highest BCUT2D eigenvalue weighted by molar-refractivity contribution is 5.85. The van der Waals surface area contributed by atoms with Crippen LogP contribution in [-0.4, -0.2) is 46.6 Å². The number of carboxylic acid groups (broad SMARTS) is 1. The van der Waals surface area contributed by atoms with Crippen molar-refractivity contribution in [3.8, 4) is 0 Å². The summed E-state index contributed by atoms with van der Waals surface area (Å²) in [6.07, 6.45) is 5.06. The van der Waals surface area contributed by atoms with Crippen molar-refractivity contribution < 1.29 is 9.90 Å². The molecular formula is C14H21N3O2. The van der Waals surface area contributed by atoms with Crippen LogP contribution in [0.5, 0.6) is 0 Å². The summed E-state index contributed by atoms with van der Waals surface area (Å²) in [7, 11) is 0. The van der Waals surface area contributed by atoms with E-state index in [2.05, 4.69) is 22.1 Å². The molecule has 5 heteroatoms. The van der Waals surface area contributed by atoms with Crippen LogP contribution in [0.4, 0.5) is 5.69 Å². The van der Waals surface area contributed by atoms with Gasteiger partial charge in [0.05, 0.1) is 11.9 Å². The van der Waals surface area contributed by atoms with Gasteiger partial charge in [0.15, 0.2) is 0 Å². The van der Waals surface area contributed by atoms with Crippen LogP contribution < -0.4 is 5.32 Å². The van der Waals surface area contributed by atoms with Crippen molar-refractivity contribution in [2.45, 2.75) is 32.2 Å². The lowest BCUT2D eigenvalue weighted by molar-refractivity contribution is 0.0690. The minimum atomic E-state index is -0.987. The highest BCUT2D eigenvalue weighted by Gasteiger charge is 2.18. The zero-order chi connectivity index (χ0) is 13.7. The molecule has 1 aromatic rings. The molecule has 0 radical (unpaired) electrons. The minimum Gasteiger partial charge on any atom is -0.477 e. The molecule has 2 rings (SSSR count). The molecule has 0 spiro atoms. The van der Waals surface area contributed by atoms with Crippen molar-refractivity contribution in [2.24, 2.45) is 0 Å². The molecule has 0 saturated carbocycles. The third-order valence-corrected chi connectivity index (χ3v) is 3.48. The zero-order valence-electron chi connectivity index (χ0n) is 11.3. The number of aromatic nitrogens is 1. The number of piperidine rings is 1. The van der Waals surface area contributed by atoms with Gasteiger partial charge in [-0.25, -0.2) is 9.78 Å². The smallest absolute Gasteiger partial charge is 0.354 e. The topological polar surface area (TPSA) is 65.5 Å². The first-order valence-corrected chi connectivity index (χ1v) is 6.87. The standard InChI is InChI=1S/C14H21N3O2/c1-2-7-17-8-5-11(6-9-17)16-12-3-4-13(14(18)19)15-10-12/h3-4,10-11,16H,2,5-9H2,1H3,(H,18,19). The minimum absolute atomic E-state index is 0.0864. The largest absolute Gasteiger partial charge is 0.477 e. The number of anilines is 1. The average Bonchev–Trinajstić information content (AvgIpc) is 2.42. The van der Waals surface area contributed by atoms with Crippen LogP contribution in [0.1, 0.15) is 36.7 Å². The van der Waals surface area contributed by atoms with E-state index in [1.54, 1.807) is 12.3 Å². The van der Waals surface area contributed by atoms with E-state index in [4.69, 9.17) is 5.11 Å². The van der Waals surface area contributed by atoms with Crippen LogP contribution in [0.25, 0.3) is 0 Å². The van der Waals surface area contributed by atoms with Gasteiger partial charge < -0.3 is 15.3 Å². The number of hydrogen-bond acceptors (Lipinski definition) is 4. The summed E-state index contributed by atoms with van der Waals surface area (Å²) in [6.45, 7) is 5.65. The number of likely N-dealkylation sites (tertiary alicyclic amines) is 1. The van der Waals surface area contributed by atoms with Gasteiger partial charge in [-0.15, -0.1) is 0 Å². The normalized spacial score (nSPS) is 17.3. The molecule has 19 heavy (non-hydrogen) atoms. The van der Waals surface area contributed by atoms with Crippen LogP contribution in [0.2, 0.25) is 0 Å². The van der Waals surface area contributed by atoms with E-state index in [-0.39, 0.29) is 5.69 Å². The lowest BCUT2D eigenvalue weighted by Gasteiger charge is -2.32. The van der Waals surface area contributed by atoms with Gasteiger partial charge in [0.2, 0.25) is 0 Å². The molecular weight excluding hydrogens is 242 g/mol. The predicted molar refractivity (Wildman–Crippen MR) is 74.6 cm³/mol. The number of hydrogen-bond donors (Lipinski definition) is 2. The molecule has 1 aliphatic heterocycles. The van der Waals surface area contributed by atoms with Crippen molar-refractivity contribution in [3.63, 3.8) is 0 Å². The third-order valence-electron chi connectivity index (χ3n) is 3.48. The van der Waals surface area contributed by atoms with E-state index in [0.29, 0.717) is 6.04 Å². The Kier molecular flexibility index (Phi) is 4.74. The summed E-state index contributed by atoms with van der Waals surface area (Å²) >= 11 is 0. The van der Waals surface area contributed by atoms with Gasteiger partial charge in [0, 0.05) is 19.1 Å². The summed E-state index contributed by atoms with van der Waals surface area (Å²) in [5.41, 5.74) is 0.988. The van der Waals surface area contributed by atoms with E-state index in [0.717, 1.165) is 31.6 Å². The summed E-state index contributed by atoms with van der Waals surface area (Å²) in [5.74, 6) is -0.987. The van der Waals surface area contributed by atoms with Gasteiger partial charge in [-0.1, -0.05) is 6.92 Å². The molecule has 5 nitrogen and oxygen atoms in total. The molecule has 1 aliphatic rings. The zero-order valence-corrected chi connectivity index (χ0v) is 11.3. The van der Waals surface area contributed by atoms with Crippen molar-refractivity contribution in [1.82, 2.24) is 9.88 Å². The van der Waals surface area contributed by atoms with Crippen LogP contribution in [0, 0.1) is 0 Å². The summed E-state index contributed by atoms with van der Waals surface area (Å²) < 4.78 is 0. The Balaban J connectivity index is 1.83. The summed E-state index contributed by atoms with van der Waals surface area (Å²) in [5, 5.41) is 12.2. The molecule has 0 bridgehead atoms. The number of carbonyl (C=O) groups is 1. The molecule has 104 valence electrons. The molecule has 0 atom stereocenters. The molecule has 1 aromatic heterocycles. The molecule has 2 heterocycles. The second-order valence-corrected chi connectivity index (χ2v) is 5.00. The Morgan fingerprint density at radius 1 is 1.47 bits per heavy atom. The Morgan fingerprint density at radius 3 is 2.74 bits per heavy atom. The van der Waals surface area contributed by atoms with Crippen molar-refractivity contribution in [1.29, 1.82) is 0 Å². The highest BCUT2D eigenvalue weighted by Crippen LogP contribution is 2.16. The number of nitrogens with zero attached hydrogens (tertiary/aromatic N) is 2. The lowest BCUT2D eigenvalue weighted by atomic mass is 10.0. The number of pyridine rings is 1. The third kappa shape index (κ3) is 3.92. The van der Waals surface area contributed by atoms with Gasteiger partial charge in [0.1, 0.15) is 5.69 Å². The molecule has 0 aromatic carbocycles. The van der Waals surface area contributed by atoms with E-state index in [9.17, 15) is 4.79 Å². The fourth-order valence-corrected chi connectivity index (χ4v) is 2.46. The Bertz CT molecular complexity index is 411. The maximum Gasteiger partial charge on any atom is 0.354 e. The molecule has 0 unspecified atom stereocenters. The monoisotopic (exact) mass is 263 g/mol. The number of nitrogens with one attached hydrogen (secondary N) is 1. The molecule has 0 amide bonds. The van der Waals surface area contributed by atoms with Gasteiger partial charge >= 0.3 is 5.97 Å². The second-order valence-electron chi connectivity index (χ2n) is 5.00. The van der Waals surface area contributed by atoms with Gasteiger partial charge in [-0.05, 0) is 37.9 Å². The van der Waals surface area contributed by atoms with Crippen LogP contribution >= 0.6 is 0 Å². The van der Waals surface area contributed by atoms with Crippen molar-refractivity contribution >= 4 is 11.7 Å². The Morgan fingerprint density at radius 2 is 2.21 bits per heavy atom. The summed E-state index contributed by atoms with van der Waals surface area (Å²) in [4.78, 5) is 17.1. The van der Waals surface area contributed by atoms with Crippen molar-refractivity contribution in [2.75, 3.05) is 25.0 Å². The predicted octanol–water partition coefficient (Wildman–Crippen LogP) is 2.07. The van der Waals surface area contributed by atoms with Gasteiger partial charge in [0.25, 0.3) is 0 Å². The van der Waals surface area contributed by atoms with E-state index in [1.807, 2.05) is 0 Å². The molecule has 2 N–H and O–H groups in total. The van der Waals surface area contributed by atoms with E-state index < -0.39 is 5.97 Å². The van der Waals surface area contributed by atoms with Crippen LogP contribution in [-0.2, 0) is 0 Å². The van der Waals surface area contributed by atoms with Crippen LogP contribution in [0.15, 0.2) is 18.3 Å². The van der Waals surface area contributed by atoms with Gasteiger partial charge in [-0.3, -0.25) is 0 Å². The molecule has 1 fully saturated rings. The first-order valence-electron chi connectivity index (χ1n) is 6.87. The first kappa shape index (κ1) is 13.8. The lowest BCUT2D eigenvalue weighted by Crippen LogP contribution is -2.39. The fourth-order valence-electron chi connectivity index (χ4n) is 2.46. The molecule has 1 saturated heterocycles. The second kappa shape index (κ2) is 6.52. The first-order chi connectivity index (χ1) is 9.19. The number of carboxylic acids is 1. The maximum absolute atomic E-state index is 10.7. The van der Waals surface area contributed by atoms with Crippen LogP contribution in [0.3, 0.4) is 0 Å². The highest BCUT2D eigenvalue weighted by atomic mass is 16.4. The van der Waals surface area contributed by atoms with Crippen molar-refractivity contribution in [3.05, 3.63) is 24.0 Å². The van der Waals surface area contributed by atoms with Gasteiger partial charge in [-0.2, -0.15) is 0 Å². The van der Waals surface area contributed by atoms with E-state index >= 15 is 0 Å². The Hall–Kier alpha value is -1.62. The maximum atomic E-state index is 10.7. The van der Waals surface area contributed by atoms with E-state index in [1.165, 1.54) is 19.0 Å². The SMILES string of the molecule is CCCN1CCC(Nc2ccc(C(=O)O)nc2)CC1. The quantitative estimate of drug-likeness (QED) is 0.851. The average molecular weight is 263 g/mol. The summed E-state index contributed by atoms with van der Waals surface area (Å²) in [6, 6.07) is 3.79. The number of rotatable bonds is 5. The fraction of sp³-hybridized carbons (Fsp3) is 0.571. The Labute approximate surface area is 113 Å². The molecule has 0 aliphatic carbocycles. The number of aromatic carboxylic acids is 1.